The highest BCUT2D eigenvalue weighted by Gasteiger charge is 2.42. The lowest BCUT2D eigenvalue weighted by molar-refractivity contribution is -0.134. The van der Waals surface area contributed by atoms with Crippen molar-refractivity contribution in [3.63, 3.8) is 0 Å². The molecule has 3 N–H and O–H groups in total. The van der Waals surface area contributed by atoms with Crippen LogP contribution in [0.3, 0.4) is 0 Å². The molecule has 2 rings (SSSR count). The molecule has 0 aromatic rings. The van der Waals surface area contributed by atoms with Crippen LogP contribution < -0.4 is 16.0 Å². The molecule has 172 valence electrons. The molecular weight excluding hydrogens is 382 g/mol. The van der Waals surface area contributed by atoms with Crippen molar-refractivity contribution in [3.05, 3.63) is 0 Å². The van der Waals surface area contributed by atoms with Crippen molar-refractivity contribution in [2.45, 2.75) is 97.0 Å². The van der Waals surface area contributed by atoms with Crippen LogP contribution in [0.2, 0.25) is 0 Å². The van der Waals surface area contributed by atoms with E-state index in [9.17, 15) is 14.4 Å². The first-order valence-electron chi connectivity index (χ1n) is 11.6. The van der Waals surface area contributed by atoms with Gasteiger partial charge >= 0.3 is 6.09 Å². The predicted octanol–water partition coefficient (Wildman–Crippen LogP) is 3.66. The topological polar surface area (TPSA) is 96.5 Å². The van der Waals surface area contributed by atoms with Crippen LogP contribution in [0.5, 0.6) is 0 Å². The van der Waals surface area contributed by atoms with Gasteiger partial charge in [-0.15, -0.1) is 0 Å². The Kier molecular flexibility index (Phi) is 8.56. The Balaban J connectivity index is 2.03. The zero-order valence-corrected chi connectivity index (χ0v) is 19.3. The minimum atomic E-state index is -0.599. The quantitative estimate of drug-likeness (QED) is 0.582. The minimum Gasteiger partial charge on any atom is -0.444 e. The second-order valence-electron chi connectivity index (χ2n) is 10.3. The average molecular weight is 424 g/mol. The van der Waals surface area contributed by atoms with Gasteiger partial charge in [-0.2, -0.15) is 0 Å². The molecule has 0 bridgehead atoms. The number of ether oxygens (including phenoxy) is 1. The standard InChI is InChI=1S/C23H41N3O4/c1-21(2,3)30-20(29)26-17-23(13-9-6-10-14-23)19(28)25-16-22(15-18(27)24-4)11-7-5-8-12-22/h5-17H2,1-4H3,(H,24,27)(H,25,28)(H,26,29). The van der Waals surface area contributed by atoms with Gasteiger partial charge in [0.1, 0.15) is 5.60 Å². The largest absolute Gasteiger partial charge is 0.444 e. The van der Waals surface area contributed by atoms with Gasteiger partial charge in [0.05, 0.1) is 5.41 Å². The molecule has 30 heavy (non-hydrogen) atoms. The summed E-state index contributed by atoms with van der Waals surface area (Å²) in [5.41, 5.74) is -1.33. The van der Waals surface area contributed by atoms with Crippen molar-refractivity contribution in [1.29, 1.82) is 0 Å². The van der Waals surface area contributed by atoms with Crippen molar-refractivity contribution >= 4 is 17.9 Å². The van der Waals surface area contributed by atoms with E-state index in [-0.39, 0.29) is 23.8 Å². The molecule has 0 radical (unpaired) electrons. The Bertz CT molecular complexity index is 600. The van der Waals surface area contributed by atoms with E-state index in [1.165, 1.54) is 6.42 Å². The van der Waals surface area contributed by atoms with Gasteiger partial charge in [0.2, 0.25) is 11.8 Å². The summed E-state index contributed by atoms with van der Waals surface area (Å²) in [7, 11) is 1.66. The van der Waals surface area contributed by atoms with E-state index in [1.54, 1.807) is 7.05 Å². The fraction of sp³-hybridized carbons (Fsp3) is 0.870. The van der Waals surface area contributed by atoms with Gasteiger partial charge in [-0.25, -0.2) is 4.79 Å². The van der Waals surface area contributed by atoms with Crippen molar-refractivity contribution in [2.24, 2.45) is 10.8 Å². The Labute approximate surface area is 181 Å². The van der Waals surface area contributed by atoms with Crippen LogP contribution in [0.15, 0.2) is 0 Å². The van der Waals surface area contributed by atoms with Gasteiger partial charge in [0.25, 0.3) is 0 Å². The molecular formula is C23H41N3O4. The zero-order valence-electron chi connectivity index (χ0n) is 19.3. The molecule has 0 aromatic carbocycles. The summed E-state index contributed by atoms with van der Waals surface area (Å²) in [6, 6.07) is 0. The maximum Gasteiger partial charge on any atom is 0.407 e. The van der Waals surface area contributed by atoms with Gasteiger partial charge in [-0.1, -0.05) is 38.5 Å². The molecule has 0 unspecified atom stereocenters. The average Bonchev–Trinajstić information content (AvgIpc) is 2.70. The normalized spacial score (nSPS) is 20.7. The number of hydrogen-bond donors (Lipinski definition) is 3. The van der Waals surface area contributed by atoms with Gasteiger partial charge < -0.3 is 20.7 Å². The molecule has 7 nitrogen and oxygen atoms in total. The highest BCUT2D eigenvalue weighted by atomic mass is 16.6. The van der Waals surface area contributed by atoms with Crippen molar-refractivity contribution in [1.82, 2.24) is 16.0 Å². The van der Waals surface area contributed by atoms with Crippen LogP contribution in [0.4, 0.5) is 4.79 Å². The molecule has 0 atom stereocenters. The molecule has 0 spiro atoms. The summed E-state index contributed by atoms with van der Waals surface area (Å²) in [6.07, 6.45) is 9.86. The first-order valence-corrected chi connectivity index (χ1v) is 11.6. The minimum absolute atomic E-state index is 0.000105. The summed E-state index contributed by atoms with van der Waals surface area (Å²) in [5, 5.41) is 8.76. The van der Waals surface area contributed by atoms with E-state index in [0.29, 0.717) is 13.0 Å². The van der Waals surface area contributed by atoms with Gasteiger partial charge in [-0.05, 0) is 51.9 Å². The third-order valence-electron chi connectivity index (χ3n) is 6.61. The van der Waals surface area contributed by atoms with Gasteiger partial charge in [0.15, 0.2) is 0 Å². The lowest BCUT2D eigenvalue weighted by atomic mass is 9.70. The van der Waals surface area contributed by atoms with Crippen LogP contribution in [-0.4, -0.2) is 43.6 Å². The van der Waals surface area contributed by atoms with Gasteiger partial charge in [-0.3, -0.25) is 9.59 Å². The van der Waals surface area contributed by atoms with E-state index in [2.05, 4.69) is 16.0 Å². The Morgan fingerprint density at radius 2 is 1.40 bits per heavy atom. The van der Waals surface area contributed by atoms with Crippen molar-refractivity contribution < 1.29 is 19.1 Å². The molecule has 0 aliphatic heterocycles. The lowest BCUT2D eigenvalue weighted by Crippen LogP contribution is -2.52. The smallest absolute Gasteiger partial charge is 0.407 e. The first kappa shape index (κ1) is 24.5. The van der Waals surface area contributed by atoms with E-state index >= 15 is 0 Å². The molecule has 0 aromatic heterocycles. The Morgan fingerprint density at radius 3 is 1.93 bits per heavy atom. The van der Waals surface area contributed by atoms with E-state index in [1.807, 2.05) is 20.8 Å². The number of hydrogen-bond acceptors (Lipinski definition) is 4. The van der Waals surface area contributed by atoms with Crippen molar-refractivity contribution in [3.8, 4) is 0 Å². The first-order chi connectivity index (χ1) is 14.1. The fourth-order valence-corrected chi connectivity index (χ4v) is 4.87. The number of alkyl carbamates (subject to hydrolysis) is 1. The van der Waals surface area contributed by atoms with Crippen LogP contribution in [0.25, 0.3) is 0 Å². The fourth-order valence-electron chi connectivity index (χ4n) is 4.87. The van der Waals surface area contributed by atoms with Gasteiger partial charge in [0, 0.05) is 26.6 Å². The number of amides is 3. The number of carbonyl (C=O) groups is 3. The van der Waals surface area contributed by atoms with Crippen LogP contribution >= 0.6 is 0 Å². The SMILES string of the molecule is CNC(=O)CC1(CNC(=O)C2(CNC(=O)OC(C)(C)C)CCCCC2)CCCCC1. The molecule has 3 amide bonds. The monoisotopic (exact) mass is 423 g/mol. The molecule has 0 saturated heterocycles. The highest BCUT2D eigenvalue weighted by molar-refractivity contribution is 5.84. The Morgan fingerprint density at radius 1 is 0.833 bits per heavy atom. The summed E-state index contributed by atoms with van der Waals surface area (Å²) < 4.78 is 5.35. The molecule has 2 aliphatic rings. The third-order valence-corrected chi connectivity index (χ3v) is 6.61. The molecule has 2 fully saturated rings. The summed E-state index contributed by atoms with van der Waals surface area (Å²) in [6.45, 7) is 6.28. The summed E-state index contributed by atoms with van der Waals surface area (Å²) >= 11 is 0. The molecule has 0 heterocycles. The second kappa shape index (κ2) is 10.5. The van der Waals surface area contributed by atoms with E-state index in [4.69, 9.17) is 4.74 Å². The lowest BCUT2D eigenvalue weighted by Gasteiger charge is -2.40. The Hall–Kier alpha value is -1.79. The maximum atomic E-state index is 13.4. The predicted molar refractivity (Wildman–Crippen MR) is 117 cm³/mol. The van der Waals surface area contributed by atoms with E-state index < -0.39 is 17.1 Å². The van der Waals surface area contributed by atoms with E-state index in [0.717, 1.165) is 57.8 Å². The maximum absolute atomic E-state index is 13.4. The second-order valence-corrected chi connectivity index (χ2v) is 10.3. The zero-order chi connectivity index (χ0) is 22.3. The molecule has 7 heteroatoms. The third kappa shape index (κ3) is 7.17. The number of nitrogens with one attached hydrogen (secondary N) is 3. The number of carbonyl (C=O) groups excluding carboxylic acids is 3. The van der Waals surface area contributed by atoms with Crippen LogP contribution in [0.1, 0.15) is 91.4 Å². The van der Waals surface area contributed by atoms with Crippen molar-refractivity contribution in [2.75, 3.05) is 20.1 Å². The van der Waals surface area contributed by atoms with Crippen LogP contribution in [0, 0.1) is 10.8 Å². The van der Waals surface area contributed by atoms with Crippen LogP contribution in [-0.2, 0) is 14.3 Å². The molecule has 2 saturated carbocycles. The summed E-state index contributed by atoms with van der Waals surface area (Å²) in [4.78, 5) is 37.6. The summed E-state index contributed by atoms with van der Waals surface area (Å²) in [5.74, 6) is 0.0326. The number of rotatable bonds is 7. The highest BCUT2D eigenvalue weighted by Crippen LogP contribution is 2.40. The molecule has 2 aliphatic carbocycles.